The van der Waals surface area contributed by atoms with Crippen LogP contribution in [0.15, 0.2) is 24.3 Å². The lowest BCUT2D eigenvalue weighted by atomic mass is 9.90. The lowest BCUT2D eigenvalue weighted by molar-refractivity contribution is -0.307. The molecule has 2 fully saturated rings. The Bertz CT molecular complexity index is 665. The van der Waals surface area contributed by atoms with E-state index >= 15 is 0 Å². The van der Waals surface area contributed by atoms with E-state index in [2.05, 4.69) is 46.5 Å². The maximum atomic E-state index is 10.3. The largest absolute Gasteiger partial charge is 0.414 e. The third kappa shape index (κ3) is 7.98. The van der Waals surface area contributed by atoms with Crippen LogP contribution in [0.5, 0.6) is 0 Å². The van der Waals surface area contributed by atoms with Crippen molar-refractivity contribution in [2.75, 3.05) is 20.5 Å². The van der Waals surface area contributed by atoms with E-state index in [0.717, 1.165) is 50.7 Å². The molecule has 198 valence electrons. The van der Waals surface area contributed by atoms with E-state index in [9.17, 15) is 5.11 Å². The highest BCUT2D eigenvalue weighted by molar-refractivity contribution is 6.74. The van der Waals surface area contributed by atoms with Gasteiger partial charge in [0.05, 0.1) is 31.0 Å². The van der Waals surface area contributed by atoms with Crippen LogP contribution in [0, 0.1) is 5.92 Å². The molecular formula is C27H50O6Si. The Labute approximate surface area is 209 Å². The topological polar surface area (TPSA) is 66.4 Å². The number of hydrogen-bond acceptors (Lipinski definition) is 6. The van der Waals surface area contributed by atoms with Crippen molar-refractivity contribution < 1.29 is 28.5 Å². The van der Waals surface area contributed by atoms with E-state index in [1.54, 1.807) is 13.2 Å². The van der Waals surface area contributed by atoms with Gasteiger partial charge in [-0.2, -0.15) is 0 Å². The van der Waals surface area contributed by atoms with Gasteiger partial charge in [0.15, 0.2) is 14.1 Å². The zero-order valence-corrected chi connectivity index (χ0v) is 23.9. The number of aliphatic hydroxyl groups excluding tert-OH is 1. The Hall–Kier alpha value is -0.543. The van der Waals surface area contributed by atoms with Crippen LogP contribution >= 0.6 is 0 Å². The summed E-state index contributed by atoms with van der Waals surface area (Å²) in [6, 6.07) is 0. The van der Waals surface area contributed by atoms with Crippen molar-refractivity contribution in [1.29, 1.82) is 0 Å². The van der Waals surface area contributed by atoms with Gasteiger partial charge in [0.25, 0.3) is 0 Å². The lowest BCUT2D eigenvalue weighted by Gasteiger charge is -2.49. The van der Waals surface area contributed by atoms with Crippen LogP contribution in [0.4, 0.5) is 0 Å². The molecule has 0 saturated carbocycles. The van der Waals surface area contributed by atoms with Crippen molar-refractivity contribution in [2.24, 2.45) is 5.92 Å². The summed E-state index contributed by atoms with van der Waals surface area (Å²) >= 11 is 0. The Balaban J connectivity index is 2.18. The van der Waals surface area contributed by atoms with Crippen molar-refractivity contribution in [1.82, 2.24) is 0 Å². The molecule has 2 heterocycles. The third-order valence-electron chi connectivity index (χ3n) is 7.81. The maximum absolute atomic E-state index is 10.3. The van der Waals surface area contributed by atoms with Crippen LogP contribution in [0.2, 0.25) is 18.1 Å². The second-order valence-corrected chi connectivity index (χ2v) is 16.4. The van der Waals surface area contributed by atoms with E-state index in [1.807, 2.05) is 13.8 Å². The van der Waals surface area contributed by atoms with Gasteiger partial charge in [-0.3, -0.25) is 0 Å². The predicted octanol–water partition coefficient (Wildman–Crippen LogP) is 5.96. The Morgan fingerprint density at radius 1 is 1.29 bits per heavy atom. The van der Waals surface area contributed by atoms with E-state index < -0.39 is 20.2 Å². The standard InChI is InChI=1S/C27H50O6Si/c1-10-24(28)21(3)25(30-19-29-7)20(2)13-14-22-17-23(33-34(8,9)26(4,5)6)18-27(32-22)15-11-12-16-31-27/h10,13,21-25,28H,1,11-12,14-19H2,2-9H3/b20-13+. The first-order chi connectivity index (χ1) is 15.8. The van der Waals surface area contributed by atoms with Crippen molar-refractivity contribution >= 4 is 8.32 Å². The fraction of sp³-hybridized carbons (Fsp3) is 0.852. The molecule has 2 rings (SSSR count). The van der Waals surface area contributed by atoms with Crippen molar-refractivity contribution in [3.05, 3.63) is 24.3 Å². The third-order valence-corrected chi connectivity index (χ3v) is 12.3. The average Bonchev–Trinajstić information content (AvgIpc) is 2.76. The molecule has 2 saturated heterocycles. The fourth-order valence-corrected chi connectivity index (χ4v) is 6.06. The second kappa shape index (κ2) is 12.6. The monoisotopic (exact) mass is 498 g/mol. The van der Waals surface area contributed by atoms with E-state index in [0.29, 0.717) is 0 Å². The highest BCUT2D eigenvalue weighted by Gasteiger charge is 2.47. The number of hydrogen-bond donors (Lipinski definition) is 1. The van der Waals surface area contributed by atoms with E-state index in [4.69, 9.17) is 23.4 Å². The first-order valence-corrected chi connectivity index (χ1v) is 15.8. The van der Waals surface area contributed by atoms with Crippen LogP contribution in [0.25, 0.3) is 0 Å². The Morgan fingerprint density at radius 3 is 2.56 bits per heavy atom. The van der Waals surface area contributed by atoms with Gasteiger partial charge in [0.1, 0.15) is 6.79 Å². The normalized spacial score (nSPS) is 29.6. The van der Waals surface area contributed by atoms with Gasteiger partial charge < -0.3 is 28.5 Å². The molecule has 0 aromatic heterocycles. The van der Waals surface area contributed by atoms with Crippen LogP contribution in [-0.2, 0) is 23.4 Å². The zero-order valence-electron chi connectivity index (χ0n) is 22.9. The molecule has 2 aliphatic heterocycles. The number of ether oxygens (including phenoxy) is 4. The van der Waals surface area contributed by atoms with Crippen LogP contribution < -0.4 is 0 Å². The predicted molar refractivity (Wildman–Crippen MR) is 139 cm³/mol. The number of aliphatic hydroxyl groups is 1. The van der Waals surface area contributed by atoms with Gasteiger partial charge in [-0.05, 0) is 56.3 Å². The Morgan fingerprint density at radius 2 is 2.00 bits per heavy atom. The second-order valence-electron chi connectivity index (χ2n) is 11.7. The molecule has 0 radical (unpaired) electrons. The van der Waals surface area contributed by atoms with Crippen LogP contribution in [0.3, 0.4) is 0 Å². The van der Waals surface area contributed by atoms with Gasteiger partial charge in [-0.1, -0.05) is 39.8 Å². The first kappa shape index (κ1) is 29.7. The zero-order chi connectivity index (χ0) is 25.6. The van der Waals surface area contributed by atoms with Crippen molar-refractivity contribution in [2.45, 2.75) is 121 Å². The van der Waals surface area contributed by atoms with Crippen LogP contribution in [-0.4, -0.2) is 64.1 Å². The molecule has 6 atom stereocenters. The van der Waals surface area contributed by atoms with Gasteiger partial charge in [0.2, 0.25) is 0 Å². The lowest BCUT2D eigenvalue weighted by Crippen LogP contribution is -2.53. The minimum Gasteiger partial charge on any atom is -0.414 e. The summed E-state index contributed by atoms with van der Waals surface area (Å²) in [7, 11) is -0.305. The molecule has 2 aliphatic rings. The van der Waals surface area contributed by atoms with E-state index in [-0.39, 0.29) is 36.1 Å². The Kier molecular flexibility index (Phi) is 11.0. The summed E-state index contributed by atoms with van der Waals surface area (Å²) in [5.74, 6) is -0.673. The molecule has 0 aliphatic carbocycles. The van der Waals surface area contributed by atoms with Crippen molar-refractivity contribution in [3.63, 3.8) is 0 Å². The summed E-state index contributed by atoms with van der Waals surface area (Å²) in [5.41, 5.74) is 1.06. The number of rotatable bonds is 11. The van der Waals surface area contributed by atoms with Gasteiger partial charge >= 0.3 is 0 Å². The van der Waals surface area contributed by atoms with Gasteiger partial charge in [0, 0.05) is 25.9 Å². The molecule has 6 nitrogen and oxygen atoms in total. The smallest absolute Gasteiger partial charge is 0.192 e. The fourth-order valence-electron chi connectivity index (χ4n) is 4.70. The molecule has 1 N–H and O–H groups in total. The average molecular weight is 499 g/mol. The molecule has 0 aromatic carbocycles. The summed E-state index contributed by atoms with van der Waals surface area (Å²) in [4.78, 5) is 0. The van der Waals surface area contributed by atoms with Crippen molar-refractivity contribution in [3.8, 4) is 0 Å². The van der Waals surface area contributed by atoms with Gasteiger partial charge in [-0.25, -0.2) is 0 Å². The summed E-state index contributed by atoms with van der Waals surface area (Å²) < 4.78 is 30.8. The van der Waals surface area contributed by atoms with Crippen LogP contribution in [0.1, 0.15) is 73.1 Å². The molecule has 1 spiro atoms. The molecule has 0 amide bonds. The molecule has 0 aromatic rings. The number of methoxy groups -OCH3 is 1. The van der Waals surface area contributed by atoms with E-state index in [1.165, 1.54) is 0 Å². The molecule has 7 heteroatoms. The highest BCUT2D eigenvalue weighted by atomic mass is 28.4. The molecule has 34 heavy (non-hydrogen) atoms. The minimum atomic E-state index is -1.91. The first-order valence-electron chi connectivity index (χ1n) is 12.9. The summed E-state index contributed by atoms with van der Waals surface area (Å²) in [6.07, 6.45) is 8.50. The molecule has 6 unspecified atom stereocenters. The summed E-state index contributed by atoms with van der Waals surface area (Å²) in [6.45, 7) is 20.2. The van der Waals surface area contributed by atoms with Gasteiger partial charge in [-0.15, -0.1) is 6.58 Å². The summed E-state index contributed by atoms with van der Waals surface area (Å²) in [5, 5.41) is 10.5. The molecular weight excluding hydrogens is 448 g/mol. The molecule has 0 bridgehead atoms. The maximum Gasteiger partial charge on any atom is 0.192 e. The SMILES string of the molecule is C=CC(O)C(C)C(OCOC)/C(C)=C/CC1CC(O[Si](C)(C)C(C)(C)C)CC2(CCCCO2)O1. The quantitative estimate of drug-likeness (QED) is 0.215. The highest BCUT2D eigenvalue weighted by Crippen LogP contribution is 2.43. The minimum absolute atomic E-state index is 0.0132.